The molecule has 0 atom stereocenters. The quantitative estimate of drug-likeness (QED) is 0.543. The number of benzene rings is 3. The maximum Gasteiger partial charge on any atom is 0.255 e. The lowest BCUT2D eigenvalue weighted by Gasteiger charge is -2.35. The fourth-order valence-corrected chi connectivity index (χ4v) is 5.50. The van der Waals surface area contributed by atoms with Crippen molar-refractivity contribution in [3.8, 4) is 5.75 Å². The number of methoxy groups -OCH3 is 1. The Morgan fingerprint density at radius 1 is 0.941 bits per heavy atom. The van der Waals surface area contributed by atoms with Gasteiger partial charge in [0.05, 0.1) is 12.0 Å². The van der Waals surface area contributed by atoms with Gasteiger partial charge in [-0.2, -0.15) is 4.31 Å². The zero-order chi connectivity index (χ0) is 24.3. The summed E-state index contributed by atoms with van der Waals surface area (Å²) in [7, 11) is -2.02. The SMILES string of the molecule is COc1ccc(N2CCN(S(=O)(=O)c3ccc(NC(=O)c4ccc(Cl)cc4)c(C)c3)CC2)cc1. The smallest absolute Gasteiger partial charge is 0.255 e. The van der Waals surface area contributed by atoms with Gasteiger partial charge < -0.3 is 15.0 Å². The number of hydrogen-bond acceptors (Lipinski definition) is 5. The molecule has 1 saturated heterocycles. The molecule has 3 aromatic rings. The molecule has 0 saturated carbocycles. The second-order valence-electron chi connectivity index (χ2n) is 8.03. The first kappa shape index (κ1) is 24.1. The molecule has 34 heavy (non-hydrogen) atoms. The Bertz CT molecular complexity index is 1270. The van der Waals surface area contributed by atoms with Gasteiger partial charge in [-0.15, -0.1) is 0 Å². The molecule has 178 valence electrons. The van der Waals surface area contributed by atoms with E-state index in [4.69, 9.17) is 16.3 Å². The third-order valence-electron chi connectivity index (χ3n) is 5.87. The minimum absolute atomic E-state index is 0.215. The van der Waals surface area contributed by atoms with E-state index in [2.05, 4.69) is 10.2 Å². The standard InChI is InChI=1S/C25H26ClN3O4S/c1-18-17-23(11-12-24(18)27-25(30)19-3-5-20(26)6-4-19)34(31,32)29-15-13-28(14-16-29)21-7-9-22(33-2)10-8-21/h3-12,17H,13-16H2,1-2H3,(H,27,30). The second-order valence-corrected chi connectivity index (χ2v) is 10.4. The Morgan fingerprint density at radius 2 is 1.59 bits per heavy atom. The number of amides is 1. The lowest BCUT2D eigenvalue weighted by atomic mass is 10.1. The maximum absolute atomic E-state index is 13.2. The third kappa shape index (κ3) is 5.19. The zero-order valence-corrected chi connectivity index (χ0v) is 20.6. The van der Waals surface area contributed by atoms with Gasteiger partial charge in [0, 0.05) is 48.1 Å². The van der Waals surface area contributed by atoms with E-state index in [0.717, 1.165) is 11.4 Å². The first-order valence-electron chi connectivity index (χ1n) is 10.8. The van der Waals surface area contributed by atoms with Crippen LogP contribution in [0.2, 0.25) is 5.02 Å². The van der Waals surface area contributed by atoms with E-state index in [-0.39, 0.29) is 10.8 Å². The minimum atomic E-state index is -3.64. The number of sulfonamides is 1. The van der Waals surface area contributed by atoms with Gasteiger partial charge in [0.25, 0.3) is 5.91 Å². The zero-order valence-electron chi connectivity index (χ0n) is 19.0. The van der Waals surface area contributed by atoms with E-state index < -0.39 is 10.0 Å². The Labute approximate surface area is 205 Å². The van der Waals surface area contributed by atoms with Crippen LogP contribution in [0.3, 0.4) is 0 Å². The Morgan fingerprint density at radius 3 is 2.18 bits per heavy atom. The fraction of sp³-hybridized carbons (Fsp3) is 0.240. The second kappa shape index (κ2) is 10.0. The number of carbonyl (C=O) groups excluding carboxylic acids is 1. The highest BCUT2D eigenvalue weighted by Crippen LogP contribution is 2.26. The van der Waals surface area contributed by atoms with Crippen molar-refractivity contribution in [2.45, 2.75) is 11.8 Å². The number of aryl methyl sites for hydroxylation is 1. The van der Waals surface area contributed by atoms with Gasteiger partial charge in [-0.3, -0.25) is 4.79 Å². The highest BCUT2D eigenvalue weighted by atomic mass is 35.5. The normalized spacial score (nSPS) is 14.6. The van der Waals surface area contributed by atoms with Crippen LogP contribution in [0.4, 0.5) is 11.4 Å². The molecule has 0 aromatic heterocycles. The van der Waals surface area contributed by atoms with Gasteiger partial charge in [0.1, 0.15) is 5.75 Å². The van der Waals surface area contributed by atoms with Gasteiger partial charge in [0.2, 0.25) is 10.0 Å². The van der Waals surface area contributed by atoms with Crippen LogP contribution in [0, 0.1) is 6.92 Å². The predicted molar refractivity (Wildman–Crippen MR) is 135 cm³/mol. The summed E-state index contributed by atoms with van der Waals surface area (Å²) in [5.41, 5.74) is 2.73. The molecule has 9 heteroatoms. The van der Waals surface area contributed by atoms with Gasteiger partial charge in [-0.05, 0) is 79.2 Å². The van der Waals surface area contributed by atoms with Crippen LogP contribution in [0.15, 0.2) is 71.6 Å². The molecular formula is C25H26ClN3O4S. The summed E-state index contributed by atoms with van der Waals surface area (Å²) < 4.78 is 33.2. The molecule has 0 spiro atoms. The fourth-order valence-electron chi connectivity index (χ4n) is 3.86. The van der Waals surface area contributed by atoms with E-state index in [1.807, 2.05) is 24.3 Å². The molecule has 0 radical (unpaired) electrons. The average Bonchev–Trinajstić information content (AvgIpc) is 2.85. The number of nitrogens with one attached hydrogen (secondary N) is 1. The van der Waals surface area contributed by atoms with Crippen molar-refractivity contribution >= 4 is 38.9 Å². The Hall–Kier alpha value is -3.07. The molecule has 4 rings (SSSR count). The van der Waals surface area contributed by atoms with Crippen LogP contribution in [0.1, 0.15) is 15.9 Å². The largest absolute Gasteiger partial charge is 0.497 e. The van der Waals surface area contributed by atoms with Crippen molar-refractivity contribution in [1.82, 2.24) is 4.31 Å². The number of halogens is 1. The predicted octanol–water partition coefficient (Wildman–Crippen LogP) is 4.42. The van der Waals surface area contributed by atoms with Gasteiger partial charge in [0.15, 0.2) is 0 Å². The topological polar surface area (TPSA) is 79.0 Å². The van der Waals surface area contributed by atoms with Crippen LogP contribution in [-0.2, 0) is 10.0 Å². The number of hydrogen-bond donors (Lipinski definition) is 1. The molecule has 0 aliphatic carbocycles. The van der Waals surface area contributed by atoms with Crippen molar-refractivity contribution < 1.29 is 17.9 Å². The van der Waals surface area contributed by atoms with Crippen molar-refractivity contribution in [2.75, 3.05) is 43.5 Å². The molecule has 1 aliphatic heterocycles. The highest BCUT2D eigenvalue weighted by molar-refractivity contribution is 7.89. The molecule has 0 bridgehead atoms. The summed E-state index contributed by atoms with van der Waals surface area (Å²) in [4.78, 5) is 14.9. The lowest BCUT2D eigenvalue weighted by Crippen LogP contribution is -2.48. The number of ether oxygens (including phenoxy) is 1. The summed E-state index contributed by atoms with van der Waals surface area (Å²) >= 11 is 5.88. The highest BCUT2D eigenvalue weighted by Gasteiger charge is 2.29. The molecule has 7 nitrogen and oxygen atoms in total. The summed E-state index contributed by atoms with van der Waals surface area (Å²) in [5, 5.41) is 3.38. The maximum atomic E-state index is 13.2. The van der Waals surface area contributed by atoms with Crippen molar-refractivity contribution in [3.63, 3.8) is 0 Å². The van der Waals surface area contributed by atoms with Crippen molar-refractivity contribution in [3.05, 3.63) is 82.9 Å². The summed E-state index contributed by atoms with van der Waals surface area (Å²) in [6, 6.07) is 19.1. The van der Waals surface area contributed by atoms with Gasteiger partial charge in [-0.25, -0.2) is 8.42 Å². The molecule has 3 aromatic carbocycles. The summed E-state index contributed by atoms with van der Waals surface area (Å²) in [5.74, 6) is 0.498. The van der Waals surface area contributed by atoms with Crippen LogP contribution in [0.25, 0.3) is 0 Å². The first-order valence-corrected chi connectivity index (χ1v) is 12.7. The molecule has 1 amide bonds. The Balaban J connectivity index is 1.42. The average molecular weight is 500 g/mol. The van der Waals surface area contributed by atoms with E-state index in [9.17, 15) is 13.2 Å². The van der Waals surface area contributed by atoms with Gasteiger partial charge in [-0.1, -0.05) is 11.6 Å². The Kier molecular flexibility index (Phi) is 7.11. The van der Waals surface area contributed by atoms with Gasteiger partial charge >= 0.3 is 0 Å². The third-order valence-corrected chi connectivity index (χ3v) is 8.01. The van der Waals surface area contributed by atoms with Crippen LogP contribution < -0.4 is 15.0 Å². The molecule has 1 aliphatic rings. The summed E-state index contributed by atoms with van der Waals surface area (Å²) in [6.07, 6.45) is 0. The monoisotopic (exact) mass is 499 g/mol. The number of rotatable bonds is 6. The number of piperazine rings is 1. The lowest BCUT2D eigenvalue weighted by molar-refractivity contribution is 0.102. The van der Waals surface area contributed by atoms with E-state index in [1.165, 1.54) is 10.4 Å². The first-order chi connectivity index (χ1) is 16.3. The van der Waals surface area contributed by atoms with Crippen molar-refractivity contribution in [1.29, 1.82) is 0 Å². The van der Waals surface area contributed by atoms with Crippen molar-refractivity contribution in [2.24, 2.45) is 0 Å². The molecule has 1 N–H and O–H groups in total. The molecule has 1 heterocycles. The van der Waals surface area contributed by atoms with Crippen LogP contribution >= 0.6 is 11.6 Å². The number of nitrogens with zero attached hydrogens (tertiary/aromatic N) is 2. The molecule has 1 fully saturated rings. The minimum Gasteiger partial charge on any atom is -0.497 e. The number of anilines is 2. The molecule has 0 unspecified atom stereocenters. The van der Waals surface area contributed by atoms with Crippen LogP contribution in [0.5, 0.6) is 5.75 Å². The number of carbonyl (C=O) groups is 1. The van der Waals surface area contributed by atoms with E-state index >= 15 is 0 Å². The molecular weight excluding hydrogens is 474 g/mol. The van der Waals surface area contributed by atoms with E-state index in [1.54, 1.807) is 50.4 Å². The van der Waals surface area contributed by atoms with E-state index in [0.29, 0.717) is 48.0 Å². The summed E-state index contributed by atoms with van der Waals surface area (Å²) in [6.45, 7) is 3.75. The van der Waals surface area contributed by atoms with Crippen LogP contribution in [-0.4, -0.2) is 51.9 Å².